The van der Waals surface area contributed by atoms with E-state index in [0.717, 1.165) is 30.9 Å². The van der Waals surface area contributed by atoms with Gasteiger partial charge in [-0.05, 0) is 43.6 Å². The Hall–Kier alpha value is -2.33. The molecule has 1 aliphatic rings. The van der Waals surface area contributed by atoms with Crippen molar-refractivity contribution in [2.45, 2.75) is 25.7 Å². The van der Waals surface area contributed by atoms with Crippen LogP contribution in [0.15, 0.2) is 54.6 Å². The van der Waals surface area contributed by atoms with Crippen molar-refractivity contribution in [2.75, 3.05) is 31.6 Å². The molecule has 0 saturated carbocycles. The first kappa shape index (κ1) is 17.5. The van der Waals surface area contributed by atoms with Crippen LogP contribution in [-0.2, 0) is 11.2 Å². The zero-order chi connectivity index (χ0) is 17.3. The zero-order valence-electron chi connectivity index (χ0n) is 14.6. The molecule has 2 aromatic rings. The Morgan fingerprint density at radius 3 is 2.60 bits per heavy atom. The van der Waals surface area contributed by atoms with Crippen LogP contribution in [0.2, 0.25) is 0 Å². The van der Waals surface area contributed by atoms with Gasteiger partial charge in [-0.25, -0.2) is 0 Å². The van der Waals surface area contributed by atoms with Crippen LogP contribution >= 0.6 is 0 Å². The van der Waals surface area contributed by atoms with Gasteiger partial charge >= 0.3 is 0 Å². The third-order valence-corrected chi connectivity index (χ3v) is 4.44. The Bertz CT molecular complexity index is 667. The maximum atomic E-state index is 12.2. The topological polar surface area (TPSA) is 41.6 Å². The fourth-order valence-electron chi connectivity index (χ4n) is 3.12. The van der Waals surface area contributed by atoms with Gasteiger partial charge in [0.05, 0.1) is 13.2 Å². The normalized spacial score (nSPS) is 14.9. The van der Waals surface area contributed by atoms with Crippen LogP contribution < -0.4 is 10.1 Å². The largest absolute Gasteiger partial charge is 0.493 e. The smallest absolute Gasteiger partial charge is 0.238 e. The highest BCUT2D eigenvalue weighted by atomic mass is 16.5. The number of nitrogens with zero attached hydrogens (tertiary/aromatic N) is 1. The van der Waals surface area contributed by atoms with Crippen LogP contribution in [0.1, 0.15) is 24.8 Å². The van der Waals surface area contributed by atoms with Gasteiger partial charge < -0.3 is 10.1 Å². The molecule has 1 amide bonds. The molecule has 2 aromatic carbocycles. The maximum absolute atomic E-state index is 12.2. The number of anilines is 1. The molecule has 4 nitrogen and oxygen atoms in total. The first-order valence-corrected chi connectivity index (χ1v) is 9.08. The number of carbonyl (C=O) groups excluding carboxylic acids is 1. The van der Waals surface area contributed by atoms with Crippen LogP contribution in [0.5, 0.6) is 5.75 Å². The van der Waals surface area contributed by atoms with Crippen molar-refractivity contribution in [2.24, 2.45) is 0 Å². The minimum atomic E-state index is 0.0448. The van der Waals surface area contributed by atoms with E-state index in [4.69, 9.17) is 4.74 Å². The molecular weight excluding hydrogens is 312 g/mol. The van der Waals surface area contributed by atoms with Gasteiger partial charge in [-0.15, -0.1) is 0 Å². The van der Waals surface area contributed by atoms with Crippen molar-refractivity contribution in [3.8, 4) is 5.75 Å². The predicted molar refractivity (Wildman–Crippen MR) is 101 cm³/mol. The Balaban J connectivity index is 1.46. The van der Waals surface area contributed by atoms with Crippen LogP contribution in [0.4, 0.5) is 5.69 Å². The lowest BCUT2D eigenvalue weighted by molar-refractivity contribution is -0.117. The summed E-state index contributed by atoms with van der Waals surface area (Å²) in [5, 5.41) is 2.98. The number of nitrogens with one attached hydrogen (secondary N) is 1. The molecule has 3 rings (SSSR count). The number of hydrogen-bond acceptors (Lipinski definition) is 3. The van der Waals surface area contributed by atoms with Crippen molar-refractivity contribution in [1.29, 1.82) is 0 Å². The number of ether oxygens (including phenoxy) is 1. The minimum Gasteiger partial charge on any atom is -0.493 e. The van der Waals surface area contributed by atoms with E-state index in [0.29, 0.717) is 13.2 Å². The van der Waals surface area contributed by atoms with Gasteiger partial charge in [0.15, 0.2) is 0 Å². The van der Waals surface area contributed by atoms with Gasteiger partial charge in [0.2, 0.25) is 5.91 Å². The third-order valence-electron chi connectivity index (χ3n) is 4.44. The predicted octanol–water partition coefficient (Wildman–Crippen LogP) is 3.73. The zero-order valence-corrected chi connectivity index (χ0v) is 14.6. The fourth-order valence-corrected chi connectivity index (χ4v) is 3.12. The number of benzene rings is 2. The SMILES string of the molecule is O=C(CN1CCCCC1)Nc1cccc(OCCc2ccccc2)c1. The van der Waals surface area contributed by atoms with E-state index in [9.17, 15) is 4.79 Å². The molecule has 0 spiro atoms. The number of hydrogen-bond donors (Lipinski definition) is 1. The lowest BCUT2D eigenvalue weighted by atomic mass is 10.1. The van der Waals surface area contributed by atoms with Crippen LogP contribution in [-0.4, -0.2) is 37.0 Å². The second-order valence-electron chi connectivity index (χ2n) is 6.50. The summed E-state index contributed by atoms with van der Waals surface area (Å²) in [6, 6.07) is 17.9. The van der Waals surface area contributed by atoms with E-state index < -0.39 is 0 Å². The first-order chi connectivity index (χ1) is 12.3. The molecule has 1 N–H and O–H groups in total. The fraction of sp³-hybridized carbons (Fsp3) is 0.381. The minimum absolute atomic E-state index is 0.0448. The Morgan fingerprint density at radius 2 is 1.80 bits per heavy atom. The molecule has 0 aromatic heterocycles. The molecule has 1 fully saturated rings. The van der Waals surface area contributed by atoms with Crippen molar-refractivity contribution in [3.05, 3.63) is 60.2 Å². The quantitative estimate of drug-likeness (QED) is 0.836. The van der Waals surface area contributed by atoms with Crippen molar-refractivity contribution >= 4 is 11.6 Å². The van der Waals surface area contributed by atoms with Crippen LogP contribution in [0.25, 0.3) is 0 Å². The second-order valence-corrected chi connectivity index (χ2v) is 6.50. The van der Waals surface area contributed by atoms with E-state index in [-0.39, 0.29) is 5.91 Å². The summed E-state index contributed by atoms with van der Waals surface area (Å²) in [4.78, 5) is 14.4. The highest BCUT2D eigenvalue weighted by Gasteiger charge is 2.13. The summed E-state index contributed by atoms with van der Waals surface area (Å²) in [7, 11) is 0. The van der Waals surface area contributed by atoms with E-state index in [1.165, 1.54) is 24.8 Å². The summed E-state index contributed by atoms with van der Waals surface area (Å²) >= 11 is 0. The van der Waals surface area contributed by atoms with Crippen molar-refractivity contribution in [1.82, 2.24) is 4.90 Å². The molecule has 1 heterocycles. The highest BCUT2D eigenvalue weighted by molar-refractivity contribution is 5.92. The molecule has 0 unspecified atom stereocenters. The van der Waals surface area contributed by atoms with Gasteiger partial charge in [-0.3, -0.25) is 9.69 Å². The van der Waals surface area contributed by atoms with E-state index in [2.05, 4.69) is 22.3 Å². The summed E-state index contributed by atoms with van der Waals surface area (Å²) in [6.45, 7) is 3.14. The monoisotopic (exact) mass is 338 g/mol. The first-order valence-electron chi connectivity index (χ1n) is 9.08. The average molecular weight is 338 g/mol. The van der Waals surface area contributed by atoms with Crippen molar-refractivity contribution in [3.63, 3.8) is 0 Å². The molecule has 0 bridgehead atoms. The number of likely N-dealkylation sites (tertiary alicyclic amines) is 1. The van der Waals surface area contributed by atoms with Gasteiger partial charge in [0.25, 0.3) is 0 Å². The summed E-state index contributed by atoms with van der Waals surface area (Å²) < 4.78 is 5.82. The Kier molecular flexibility index (Phi) is 6.46. The van der Waals surface area contributed by atoms with E-state index in [1.54, 1.807) is 0 Å². The molecular formula is C21H26N2O2. The molecule has 1 saturated heterocycles. The van der Waals surface area contributed by atoms with Crippen LogP contribution in [0, 0.1) is 0 Å². The van der Waals surface area contributed by atoms with E-state index >= 15 is 0 Å². The summed E-state index contributed by atoms with van der Waals surface area (Å²) in [5.74, 6) is 0.829. The van der Waals surface area contributed by atoms with Gasteiger partial charge in [-0.2, -0.15) is 0 Å². The van der Waals surface area contributed by atoms with Crippen molar-refractivity contribution < 1.29 is 9.53 Å². The molecule has 25 heavy (non-hydrogen) atoms. The molecule has 0 radical (unpaired) electrons. The lowest BCUT2D eigenvalue weighted by Gasteiger charge is -2.25. The molecule has 0 atom stereocenters. The molecule has 1 aliphatic heterocycles. The lowest BCUT2D eigenvalue weighted by Crippen LogP contribution is -2.36. The molecule has 0 aliphatic carbocycles. The number of amides is 1. The van der Waals surface area contributed by atoms with Gasteiger partial charge in [0.1, 0.15) is 5.75 Å². The summed E-state index contributed by atoms with van der Waals surface area (Å²) in [6.07, 6.45) is 4.53. The van der Waals surface area contributed by atoms with Crippen LogP contribution in [0.3, 0.4) is 0 Å². The third kappa shape index (κ3) is 5.91. The number of carbonyl (C=O) groups is 1. The maximum Gasteiger partial charge on any atom is 0.238 e. The number of rotatable bonds is 7. The standard InChI is InChI=1S/C21H26N2O2/c24-21(17-23-13-5-2-6-14-23)22-19-10-7-11-20(16-19)25-15-12-18-8-3-1-4-9-18/h1,3-4,7-11,16H,2,5-6,12-15,17H2,(H,22,24). The number of piperidine rings is 1. The van der Waals surface area contributed by atoms with Gasteiger partial charge in [-0.1, -0.05) is 42.8 Å². The van der Waals surface area contributed by atoms with E-state index in [1.807, 2.05) is 42.5 Å². The second kappa shape index (κ2) is 9.23. The highest BCUT2D eigenvalue weighted by Crippen LogP contribution is 2.18. The Labute approximate surface area is 149 Å². The molecule has 4 heteroatoms. The Morgan fingerprint density at radius 1 is 1.00 bits per heavy atom. The average Bonchev–Trinajstić information content (AvgIpc) is 2.64. The molecule has 132 valence electrons. The van der Waals surface area contributed by atoms with Gasteiger partial charge in [0, 0.05) is 18.2 Å². The summed E-state index contributed by atoms with van der Waals surface area (Å²) in [5.41, 5.74) is 2.05.